The number of aliphatic imine (C=N–C) groups is 1. The van der Waals surface area contributed by atoms with Crippen molar-refractivity contribution in [3.05, 3.63) is 167 Å². The van der Waals surface area contributed by atoms with Crippen molar-refractivity contribution >= 4 is 20.7 Å². The zero-order chi connectivity index (χ0) is 32.1. The Morgan fingerprint density at radius 1 is 0.723 bits per heavy atom. The zero-order valence-corrected chi connectivity index (χ0v) is 28.3. The molecule has 0 radical (unpaired) electrons. The topological polar surface area (TPSA) is 42.2 Å². The van der Waals surface area contributed by atoms with Gasteiger partial charge in [0.05, 0.1) is 17.5 Å². The monoisotopic (exact) mass is 632 g/mol. The number of allylic oxidation sites excluding steroid dienone is 1. The lowest BCUT2D eigenvalue weighted by molar-refractivity contribution is 0.0982. The summed E-state index contributed by atoms with van der Waals surface area (Å²) in [6.07, 6.45) is 8.12. The van der Waals surface area contributed by atoms with Gasteiger partial charge >= 0.3 is 15.0 Å². The van der Waals surface area contributed by atoms with Crippen LogP contribution in [-0.4, -0.2) is 62.3 Å². The van der Waals surface area contributed by atoms with Crippen molar-refractivity contribution in [2.24, 2.45) is 4.99 Å². The summed E-state index contributed by atoms with van der Waals surface area (Å²) in [7, 11) is 8.24. The second kappa shape index (κ2) is 12.0. The Labute approximate surface area is 281 Å². The molecule has 2 heterocycles. The minimum absolute atomic E-state index is 0.261. The fourth-order valence-electron chi connectivity index (χ4n) is 7.34. The molecule has 0 atom stereocenters. The van der Waals surface area contributed by atoms with E-state index >= 15 is 0 Å². The molecule has 5 aromatic rings. The lowest BCUT2D eigenvalue weighted by Gasteiger charge is -2.36. The summed E-state index contributed by atoms with van der Waals surface area (Å²) in [5, 5.41) is 0. The first-order valence-electron chi connectivity index (χ1n) is 16.1. The minimum Gasteiger partial charge on any atom is -0.450 e. The third-order valence-corrected chi connectivity index (χ3v) is 11.2. The van der Waals surface area contributed by atoms with Crippen LogP contribution in [-0.2, 0) is 19.7 Å². The molecular formula is C40H37AlN4O2. The molecule has 2 aliphatic carbocycles. The van der Waals surface area contributed by atoms with Gasteiger partial charge in [-0.2, -0.15) is 0 Å². The van der Waals surface area contributed by atoms with Gasteiger partial charge in [0.2, 0.25) is 0 Å². The maximum atomic E-state index is 7.79. The molecule has 0 bridgehead atoms. The van der Waals surface area contributed by atoms with Crippen LogP contribution in [0.2, 0.25) is 0 Å². The maximum Gasteiger partial charge on any atom is 0.855 e. The largest absolute Gasteiger partial charge is 0.855 e. The highest BCUT2D eigenvalue weighted by Gasteiger charge is 2.54. The normalized spacial score (nSPS) is 16.3. The molecule has 7 heteroatoms. The lowest BCUT2D eigenvalue weighted by atomic mass is 9.86. The number of fused-ring (bicyclic) bond motifs is 6. The molecule has 0 amide bonds. The Balaban J connectivity index is 1.34. The summed E-state index contributed by atoms with van der Waals surface area (Å²) in [6, 6.07) is 38.7. The minimum atomic E-state index is -2.81. The molecule has 0 saturated carbocycles. The molecule has 0 spiro atoms. The Morgan fingerprint density at radius 3 is 1.89 bits per heavy atom. The van der Waals surface area contributed by atoms with E-state index in [-0.39, 0.29) is 6.10 Å². The van der Waals surface area contributed by atoms with Gasteiger partial charge in [-0.05, 0) is 89.1 Å². The van der Waals surface area contributed by atoms with E-state index in [4.69, 9.17) is 12.6 Å². The maximum absolute atomic E-state index is 7.79. The highest BCUT2D eigenvalue weighted by Crippen LogP contribution is 2.53. The van der Waals surface area contributed by atoms with E-state index in [0.717, 1.165) is 45.9 Å². The van der Waals surface area contributed by atoms with E-state index in [1.54, 1.807) is 0 Å². The lowest BCUT2D eigenvalue weighted by Crippen LogP contribution is -2.47. The number of aromatic nitrogens is 1. The van der Waals surface area contributed by atoms with Crippen LogP contribution >= 0.6 is 0 Å². The Morgan fingerprint density at radius 2 is 1.30 bits per heavy atom. The first kappa shape index (κ1) is 29.9. The first-order valence-corrected chi connectivity index (χ1v) is 17.6. The number of nitrogens with zero attached hydrogens (tertiary/aromatic N) is 4. The van der Waals surface area contributed by atoms with Crippen LogP contribution in [0.3, 0.4) is 0 Å². The van der Waals surface area contributed by atoms with Gasteiger partial charge in [0.25, 0.3) is 0 Å². The molecule has 3 aliphatic rings. The molecule has 1 aliphatic heterocycles. The van der Waals surface area contributed by atoms with Gasteiger partial charge in [0.1, 0.15) is 5.60 Å². The highest BCUT2D eigenvalue weighted by atomic mass is 27.2. The van der Waals surface area contributed by atoms with Gasteiger partial charge in [-0.1, -0.05) is 97.1 Å². The number of hydrogen-bond acceptors (Lipinski definition) is 5. The van der Waals surface area contributed by atoms with Crippen molar-refractivity contribution in [3.8, 4) is 22.3 Å². The van der Waals surface area contributed by atoms with Gasteiger partial charge in [-0.25, -0.2) is 4.99 Å². The van der Waals surface area contributed by atoms with Crippen LogP contribution < -0.4 is 0 Å². The molecule has 0 fully saturated rings. The number of benzene rings is 4. The molecular weight excluding hydrogens is 595 g/mol. The van der Waals surface area contributed by atoms with Gasteiger partial charge in [-0.15, -0.1) is 0 Å². The van der Waals surface area contributed by atoms with Crippen molar-refractivity contribution in [2.75, 3.05) is 28.2 Å². The summed E-state index contributed by atoms with van der Waals surface area (Å²) < 4.78 is 17.5. The van der Waals surface area contributed by atoms with Crippen molar-refractivity contribution in [2.45, 2.75) is 18.2 Å². The molecule has 0 saturated heterocycles. The van der Waals surface area contributed by atoms with Crippen LogP contribution in [0, 0.1) is 0 Å². The van der Waals surface area contributed by atoms with E-state index in [9.17, 15) is 0 Å². The Hall–Kier alpha value is -4.48. The third-order valence-electron chi connectivity index (χ3n) is 9.19. The van der Waals surface area contributed by atoms with Crippen LogP contribution in [0.15, 0.2) is 144 Å². The van der Waals surface area contributed by atoms with Crippen molar-refractivity contribution in [3.63, 3.8) is 0 Å². The molecule has 8 rings (SSSR count). The summed E-state index contributed by atoms with van der Waals surface area (Å²) in [6.45, 7) is 0.762. The second-order valence-corrected chi connectivity index (χ2v) is 14.6. The summed E-state index contributed by atoms with van der Waals surface area (Å²) >= 11 is -2.81. The van der Waals surface area contributed by atoms with Crippen molar-refractivity contribution < 1.29 is 7.58 Å². The SMILES string of the molecule is CN(C)/C=C1\C=CC(C2([O][Al]([O]C3c4ccccc4-c4ccccc43)[n]3cccc3CN(C)C)c3ccccc3-c3ccccc32)=N1. The van der Waals surface area contributed by atoms with Crippen LogP contribution in [0.25, 0.3) is 22.3 Å². The van der Waals surface area contributed by atoms with Gasteiger partial charge in [0, 0.05) is 32.5 Å². The van der Waals surface area contributed by atoms with Gasteiger partial charge in [0.15, 0.2) is 0 Å². The zero-order valence-electron chi connectivity index (χ0n) is 27.2. The van der Waals surface area contributed by atoms with Gasteiger partial charge < -0.3 is 20.9 Å². The van der Waals surface area contributed by atoms with Crippen LogP contribution in [0.5, 0.6) is 0 Å². The fourth-order valence-corrected chi connectivity index (χ4v) is 9.52. The predicted octanol–water partition coefficient (Wildman–Crippen LogP) is 7.52. The summed E-state index contributed by atoms with van der Waals surface area (Å²) in [5.74, 6) is 0. The van der Waals surface area contributed by atoms with E-state index in [2.05, 4.69) is 150 Å². The number of hydrogen-bond donors (Lipinski definition) is 0. The summed E-state index contributed by atoms with van der Waals surface area (Å²) in [5.41, 5.74) is 11.2. The standard InChI is InChI=1S/C20H17N2O.C13H9O.C7H11N2.Al/c1-22(2)13-14-11-12-19(21-14)20(23)17-9-5-3-7-15(17)16-8-4-6-10-18(16)20;14-13-11-7-3-1-5-9(11)10-6-2-4-8-12(10)13;1-9(2)6-7-4-3-5-8-7;/h3-13H,1-2H3;1-8,13H;3-5H,6H2,1-2H3;/q3*-1;+3/b14-13+;;;. The van der Waals surface area contributed by atoms with E-state index in [0.29, 0.717) is 0 Å². The highest BCUT2D eigenvalue weighted by molar-refractivity contribution is 6.44. The van der Waals surface area contributed by atoms with Crippen molar-refractivity contribution in [1.82, 2.24) is 13.4 Å². The Kier molecular flexibility index (Phi) is 7.60. The van der Waals surface area contributed by atoms with Crippen molar-refractivity contribution in [1.29, 1.82) is 0 Å². The molecule has 1 aromatic heterocycles. The summed E-state index contributed by atoms with van der Waals surface area (Å²) in [4.78, 5) is 9.46. The molecule has 6 nitrogen and oxygen atoms in total. The molecule has 232 valence electrons. The average molecular weight is 633 g/mol. The van der Waals surface area contributed by atoms with Crippen LogP contribution in [0.4, 0.5) is 0 Å². The second-order valence-electron chi connectivity index (χ2n) is 12.9. The smallest absolute Gasteiger partial charge is 0.450 e. The molecule has 0 N–H and O–H groups in total. The first-order chi connectivity index (χ1) is 22.9. The predicted molar refractivity (Wildman–Crippen MR) is 190 cm³/mol. The molecule has 47 heavy (non-hydrogen) atoms. The van der Waals surface area contributed by atoms with Crippen LogP contribution in [0.1, 0.15) is 34.1 Å². The van der Waals surface area contributed by atoms with E-state index in [1.807, 2.05) is 25.2 Å². The van der Waals surface area contributed by atoms with E-state index in [1.165, 1.54) is 22.3 Å². The quantitative estimate of drug-likeness (QED) is 0.158. The van der Waals surface area contributed by atoms with Gasteiger partial charge in [-0.3, -0.25) is 0 Å². The third kappa shape index (κ3) is 5.03. The number of rotatable bonds is 9. The Bertz CT molecular complexity index is 1980. The average Bonchev–Trinajstić information content (AvgIpc) is 3.86. The molecule has 4 aromatic carbocycles. The molecule has 0 unspecified atom stereocenters. The fraction of sp³-hybridized carbons (Fsp3) is 0.175. The van der Waals surface area contributed by atoms with E-state index < -0.39 is 20.6 Å².